The Labute approximate surface area is 167 Å². The van der Waals surface area contributed by atoms with Crippen molar-refractivity contribution in [2.45, 2.75) is 123 Å². The fourth-order valence-electron chi connectivity index (χ4n) is 3.39. The largest absolute Gasteiger partial charge is 0.481 e. The van der Waals surface area contributed by atoms with Crippen LogP contribution in [0.5, 0.6) is 0 Å². The molecule has 0 bridgehead atoms. The lowest BCUT2D eigenvalue weighted by atomic mass is 9.95. The van der Waals surface area contributed by atoms with Crippen molar-refractivity contribution < 1.29 is 19.4 Å². The van der Waals surface area contributed by atoms with E-state index in [0.29, 0.717) is 31.8 Å². The number of carbonyl (C=O) groups is 2. The number of unbranched alkanes of at least 4 members (excludes halogenated alkanes) is 10. The lowest BCUT2D eigenvalue weighted by molar-refractivity contribution is -0.145. The number of aliphatic carboxylic acids is 1. The van der Waals surface area contributed by atoms with E-state index < -0.39 is 5.97 Å². The number of hydrogen-bond donors (Lipinski definition) is 1. The number of ether oxygens (including phenoxy) is 1. The highest BCUT2D eigenvalue weighted by molar-refractivity contribution is 5.69. The highest BCUT2D eigenvalue weighted by Crippen LogP contribution is 2.20. The zero-order chi connectivity index (χ0) is 20.2. The predicted molar refractivity (Wildman–Crippen MR) is 112 cm³/mol. The molecule has 27 heavy (non-hydrogen) atoms. The summed E-state index contributed by atoms with van der Waals surface area (Å²) in [5.41, 5.74) is 0. The molecule has 0 radical (unpaired) electrons. The topological polar surface area (TPSA) is 63.6 Å². The average Bonchev–Trinajstić information content (AvgIpc) is 2.65. The van der Waals surface area contributed by atoms with Crippen molar-refractivity contribution in [2.24, 2.45) is 5.92 Å². The van der Waals surface area contributed by atoms with Crippen LogP contribution in [-0.2, 0) is 14.3 Å². The van der Waals surface area contributed by atoms with Gasteiger partial charge in [-0.3, -0.25) is 9.59 Å². The molecule has 0 rings (SSSR count). The number of rotatable bonds is 20. The molecule has 0 aromatic carbocycles. The van der Waals surface area contributed by atoms with E-state index in [1.807, 2.05) is 0 Å². The SMILES string of the molecule is CCCCCCCCCC(CCCCCC)COC(=O)CCCCC(=O)O. The minimum atomic E-state index is -0.801. The van der Waals surface area contributed by atoms with Crippen LogP contribution in [0.15, 0.2) is 0 Å². The van der Waals surface area contributed by atoms with Crippen LogP contribution in [0.2, 0.25) is 0 Å². The second kappa shape index (κ2) is 19.7. The molecule has 4 heteroatoms. The van der Waals surface area contributed by atoms with Crippen LogP contribution in [-0.4, -0.2) is 23.7 Å². The molecule has 0 fully saturated rings. The van der Waals surface area contributed by atoms with Gasteiger partial charge in [0.05, 0.1) is 6.61 Å². The average molecular weight is 385 g/mol. The Kier molecular flexibility index (Phi) is 18.9. The third-order valence-corrected chi connectivity index (χ3v) is 5.18. The molecule has 1 unspecified atom stereocenters. The first-order valence-corrected chi connectivity index (χ1v) is 11.5. The first-order valence-electron chi connectivity index (χ1n) is 11.5. The fourth-order valence-corrected chi connectivity index (χ4v) is 3.39. The Balaban J connectivity index is 3.96. The van der Waals surface area contributed by atoms with Crippen LogP contribution in [0.25, 0.3) is 0 Å². The fraction of sp³-hybridized carbons (Fsp3) is 0.913. The van der Waals surface area contributed by atoms with Gasteiger partial charge in [-0.25, -0.2) is 0 Å². The highest BCUT2D eigenvalue weighted by atomic mass is 16.5. The summed E-state index contributed by atoms with van der Waals surface area (Å²) in [5.74, 6) is -0.482. The molecule has 0 aromatic heterocycles. The van der Waals surface area contributed by atoms with E-state index in [0.717, 1.165) is 12.8 Å². The van der Waals surface area contributed by atoms with Gasteiger partial charge < -0.3 is 9.84 Å². The van der Waals surface area contributed by atoms with Gasteiger partial charge in [0.1, 0.15) is 0 Å². The Morgan fingerprint density at radius 2 is 1.19 bits per heavy atom. The van der Waals surface area contributed by atoms with Gasteiger partial charge in [0.2, 0.25) is 0 Å². The van der Waals surface area contributed by atoms with Crippen LogP contribution in [0.3, 0.4) is 0 Å². The predicted octanol–water partition coefficient (Wildman–Crippen LogP) is 6.90. The second-order valence-corrected chi connectivity index (χ2v) is 7.91. The van der Waals surface area contributed by atoms with E-state index in [1.165, 1.54) is 70.6 Å². The first kappa shape index (κ1) is 25.9. The van der Waals surface area contributed by atoms with Crippen molar-refractivity contribution in [3.8, 4) is 0 Å². The Morgan fingerprint density at radius 3 is 1.74 bits per heavy atom. The van der Waals surface area contributed by atoms with Crippen molar-refractivity contribution in [2.75, 3.05) is 6.61 Å². The van der Waals surface area contributed by atoms with Crippen molar-refractivity contribution in [1.82, 2.24) is 0 Å². The van der Waals surface area contributed by atoms with Gasteiger partial charge in [-0.1, -0.05) is 84.5 Å². The van der Waals surface area contributed by atoms with Crippen LogP contribution in [0.4, 0.5) is 0 Å². The van der Waals surface area contributed by atoms with Gasteiger partial charge in [0, 0.05) is 12.8 Å². The number of carboxylic acids is 1. The number of carbonyl (C=O) groups excluding carboxylic acids is 1. The van der Waals surface area contributed by atoms with Crippen LogP contribution in [0.1, 0.15) is 123 Å². The highest BCUT2D eigenvalue weighted by Gasteiger charge is 2.12. The summed E-state index contributed by atoms with van der Waals surface area (Å²) in [7, 11) is 0. The van der Waals surface area contributed by atoms with Gasteiger partial charge in [-0.15, -0.1) is 0 Å². The smallest absolute Gasteiger partial charge is 0.305 e. The molecule has 0 aliphatic rings. The molecule has 0 amide bonds. The van der Waals surface area contributed by atoms with E-state index in [1.54, 1.807) is 0 Å². The van der Waals surface area contributed by atoms with E-state index in [9.17, 15) is 9.59 Å². The number of hydrogen-bond acceptors (Lipinski definition) is 3. The first-order chi connectivity index (χ1) is 13.1. The maximum atomic E-state index is 11.9. The van der Waals surface area contributed by atoms with Crippen molar-refractivity contribution in [3.05, 3.63) is 0 Å². The molecule has 0 saturated heterocycles. The summed E-state index contributed by atoms with van der Waals surface area (Å²) in [6.45, 7) is 5.01. The molecule has 160 valence electrons. The summed E-state index contributed by atoms with van der Waals surface area (Å²) >= 11 is 0. The maximum Gasteiger partial charge on any atom is 0.305 e. The minimum Gasteiger partial charge on any atom is -0.481 e. The van der Waals surface area contributed by atoms with Gasteiger partial charge >= 0.3 is 11.9 Å². The summed E-state index contributed by atoms with van der Waals surface area (Å²) in [6, 6.07) is 0. The molecule has 0 saturated carbocycles. The van der Waals surface area contributed by atoms with Crippen molar-refractivity contribution >= 4 is 11.9 Å². The van der Waals surface area contributed by atoms with Crippen LogP contribution >= 0.6 is 0 Å². The van der Waals surface area contributed by atoms with E-state index in [4.69, 9.17) is 9.84 Å². The molecule has 0 aliphatic carbocycles. The zero-order valence-corrected chi connectivity index (χ0v) is 18.0. The van der Waals surface area contributed by atoms with Crippen LogP contribution in [0, 0.1) is 5.92 Å². The quantitative estimate of drug-likeness (QED) is 0.183. The Bertz CT molecular complexity index is 354. The van der Waals surface area contributed by atoms with Gasteiger partial charge in [-0.2, -0.15) is 0 Å². The standard InChI is InChI=1S/C23H44O4/c1-3-5-7-9-10-11-13-17-21(16-12-8-6-4-2)20-27-23(26)19-15-14-18-22(24)25/h21H,3-20H2,1-2H3,(H,24,25). The number of esters is 1. The third-order valence-electron chi connectivity index (χ3n) is 5.18. The van der Waals surface area contributed by atoms with E-state index >= 15 is 0 Å². The van der Waals surface area contributed by atoms with Gasteiger partial charge in [0.15, 0.2) is 0 Å². The lowest BCUT2D eigenvalue weighted by Gasteiger charge is -2.17. The molecule has 1 N–H and O–H groups in total. The summed E-state index contributed by atoms with van der Waals surface area (Å²) in [4.78, 5) is 22.4. The molecule has 1 atom stereocenters. The Morgan fingerprint density at radius 1 is 0.704 bits per heavy atom. The van der Waals surface area contributed by atoms with Crippen molar-refractivity contribution in [3.63, 3.8) is 0 Å². The molecule has 0 spiro atoms. The molecule has 4 nitrogen and oxygen atoms in total. The van der Waals surface area contributed by atoms with Crippen LogP contribution < -0.4 is 0 Å². The molecule has 0 heterocycles. The Hall–Kier alpha value is -1.06. The van der Waals surface area contributed by atoms with E-state index in [-0.39, 0.29) is 12.4 Å². The third kappa shape index (κ3) is 19.5. The molecule has 0 aliphatic heterocycles. The number of carboxylic acid groups (broad SMARTS) is 1. The molecule has 0 aromatic rings. The summed E-state index contributed by atoms with van der Waals surface area (Å²) in [5, 5.41) is 8.62. The van der Waals surface area contributed by atoms with Gasteiger partial charge in [-0.05, 0) is 31.6 Å². The zero-order valence-electron chi connectivity index (χ0n) is 18.0. The monoisotopic (exact) mass is 384 g/mol. The molecular formula is C23H44O4. The normalized spacial score (nSPS) is 12.1. The van der Waals surface area contributed by atoms with Crippen molar-refractivity contribution in [1.29, 1.82) is 0 Å². The lowest BCUT2D eigenvalue weighted by Crippen LogP contribution is -2.14. The second-order valence-electron chi connectivity index (χ2n) is 7.91. The minimum absolute atomic E-state index is 0.131. The summed E-state index contributed by atoms with van der Waals surface area (Å²) < 4.78 is 5.49. The van der Waals surface area contributed by atoms with Gasteiger partial charge in [0.25, 0.3) is 0 Å². The summed E-state index contributed by atoms with van der Waals surface area (Å²) in [6.07, 6.45) is 18.2. The van der Waals surface area contributed by atoms with E-state index in [2.05, 4.69) is 13.8 Å². The maximum absolute atomic E-state index is 11.9. The molecular weight excluding hydrogens is 340 g/mol.